The summed E-state index contributed by atoms with van der Waals surface area (Å²) in [7, 11) is 3.72. The highest BCUT2D eigenvalue weighted by atomic mass is 35.5. The molecule has 0 aliphatic rings. The fourth-order valence-electron chi connectivity index (χ4n) is 0.718. The van der Waals surface area contributed by atoms with Crippen molar-refractivity contribution in [3.05, 3.63) is 16.0 Å². The van der Waals surface area contributed by atoms with Crippen molar-refractivity contribution in [2.75, 3.05) is 14.1 Å². The van der Waals surface area contributed by atoms with Crippen LogP contribution in [0.2, 0.25) is 4.34 Å². The summed E-state index contributed by atoms with van der Waals surface area (Å²) in [6, 6.07) is 1.61. The van der Waals surface area contributed by atoms with Gasteiger partial charge in [-0.05, 0) is 6.07 Å². The number of hydrogen-bond donors (Lipinski definition) is 0. The van der Waals surface area contributed by atoms with E-state index in [1.165, 1.54) is 11.3 Å². The zero-order chi connectivity index (χ0) is 9.84. The van der Waals surface area contributed by atoms with Gasteiger partial charge in [0.05, 0.1) is 16.2 Å². The average molecular weight is 217 g/mol. The van der Waals surface area contributed by atoms with E-state index in [9.17, 15) is 4.79 Å². The molecule has 0 aromatic carbocycles. The molecule has 0 atom stereocenters. The Balaban J connectivity index is 2.93. The van der Waals surface area contributed by atoms with Crippen molar-refractivity contribution >= 4 is 40.6 Å². The van der Waals surface area contributed by atoms with Crippen molar-refractivity contribution < 1.29 is 4.79 Å². The molecule has 0 spiro atoms. The van der Waals surface area contributed by atoms with Crippen LogP contribution >= 0.6 is 22.9 Å². The van der Waals surface area contributed by atoms with Crippen LogP contribution in [0.3, 0.4) is 0 Å². The molecule has 0 bridgehead atoms. The van der Waals surface area contributed by atoms with Gasteiger partial charge in [0.2, 0.25) is 0 Å². The highest BCUT2D eigenvalue weighted by Gasteiger charge is 2.04. The summed E-state index contributed by atoms with van der Waals surface area (Å²) in [5, 5.41) is 0.647. The van der Waals surface area contributed by atoms with Crippen LogP contribution in [0.1, 0.15) is 10.4 Å². The maximum Gasteiger partial charge on any atom is 0.153 e. The first kappa shape index (κ1) is 10.2. The van der Waals surface area contributed by atoms with E-state index in [4.69, 9.17) is 11.6 Å². The quantitative estimate of drug-likeness (QED) is 0.442. The monoisotopic (exact) mass is 216 g/mol. The van der Waals surface area contributed by atoms with Crippen LogP contribution in [0.4, 0.5) is 5.00 Å². The van der Waals surface area contributed by atoms with E-state index in [0.717, 1.165) is 6.29 Å². The van der Waals surface area contributed by atoms with Gasteiger partial charge < -0.3 is 4.90 Å². The van der Waals surface area contributed by atoms with Gasteiger partial charge in [0.25, 0.3) is 0 Å². The Morgan fingerprint density at radius 1 is 1.62 bits per heavy atom. The van der Waals surface area contributed by atoms with Gasteiger partial charge in [-0.3, -0.25) is 4.79 Å². The SMILES string of the molecule is CN(C)/C=N\c1sc(Cl)cc1C=O. The molecule has 0 saturated heterocycles. The molecule has 0 amide bonds. The Morgan fingerprint density at radius 2 is 2.31 bits per heavy atom. The summed E-state index contributed by atoms with van der Waals surface area (Å²) >= 11 is 7.02. The van der Waals surface area contributed by atoms with Gasteiger partial charge in [0.1, 0.15) is 5.00 Å². The zero-order valence-electron chi connectivity index (χ0n) is 7.32. The minimum absolute atomic E-state index is 0.535. The standard InChI is InChI=1S/C8H9ClN2OS/c1-11(2)5-10-8-6(4-12)3-7(9)13-8/h3-5H,1-2H3/b10-5-. The second kappa shape index (κ2) is 4.39. The van der Waals surface area contributed by atoms with Gasteiger partial charge in [-0.15, -0.1) is 11.3 Å². The normalized spacial score (nSPS) is 10.7. The van der Waals surface area contributed by atoms with E-state index in [1.54, 1.807) is 17.3 Å². The molecule has 0 fully saturated rings. The molecule has 0 aliphatic heterocycles. The molecule has 1 heterocycles. The molecule has 1 aromatic heterocycles. The van der Waals surface area contributed by atoms with E-state index < -0.39 is 0 Å². The second-order valence-corrected chi connectivity index (χ2v) is 4.30. The Hall–Kier alpha value is -0.870. The van der Waals surface area contributed by atoms with Gasteiger partial charge in [0.15, 0.2) is 6.29 Å². The van der Waals surface area contributed by atoms with Crippen molar-refractivity contribution in [2.45, 2.75) is 0 Å². The fourth-order valence-corrected chi connectivity index (χ4v) is 1.75. The van der Waals surface area contributed by atoms with Crippen LogP contribution in [0.15, 0.2) is 11.1 Å². The summed E-state index contributed by atoms with van der Waals surface area (Å²) in [6.45, 7) is 0. The van der Waals surface area contributed by atoms with Crippen LogP contribution in [-0.2, 0) is 0 Å². The van der Waals surface area contributed by atoms with Gasteiger partial charge in [0, 0.05) is 14.1 Å². The molecule has 0 radical (unpaired) electrons. The van der Waals surface area contributed by atoms with Crippen LogP contribution in [0.25, 0.3) is 0 Å². The summed E-state index contributed by atoms with van der Waals surface area (Å²) in [6.07, 6.45) is 2.39. The molecule has 0 unspecified atom stereocenters. The largest absolute Gasteiger partial charge is 0.369 e. The maximum absolute atomic E-state index is 10.5. The number of aliphatic imine (C=N–C) groups is 1. The fraction of sp³-hybridized carbons (Fsp3) is 0.250. The van der Waals surface area contributed by atoms with Crippen LogP contribution < -0.4 is 0 Å². The van der Waals surface area contributed by atoms with Crippen molar-refractivity contribution in [1.82, 2.24) is 4.90 Å². The van der Waals surface area contributed by atoms with Crippen molar-refractivity contribution in [1.29, 1.82) is 0 Å². The number of thiophene rings is 1. The Morgan fingerprint density at radius 3 is 2.85 bits per heavy atom. The van der Waals surface area contributed by atoms with E-state index in [2.05, 4.69) is 4.99 Å². The number of carbonyl (C=O) groups is 1. The van der Waals surface area contributed by atoms with Crippen molar-refractivity contribution in [3.8, 4) is 0 Å². The number of aldehydes is 1. The molecule has 0 N–H and O–H groups in total. The average Bonchev–Trinajstić information content (AvgIpc) is 2.42. The highest BCUT2D eigenvalue weighted by molar-refractivity contribution is 7.20. The van der Waals surface area contributed by atoms with Crippen LogP contribution in [-0.4, -0.2) is 31.6 Å². The third-order valence-electron chi connectivity index (χ3n) is 1.24. The van der Waals surface area contributed by atoms with E-state index >= 15 is 0 Å². The Bertz CT molecular complexity index is 333. The first-order valence-electron chi connectivity index (χ1n) is 3.58. The smallest absolute Gasteiger partial charge is 0.153 e. The number of halogens is 1. The summed E-state index contributed by atoms with van der Waals surface area (Å²) in [5.41, 5.74) is 0.535. The van der Waals surface area contributed by atoms with E-state index in [0.29, 0.717) is 14.9 Å². The molecule has 5 heteroatoms. The summed E-state index contributed by atoms with van der Waals surface area (Å²) < 4.78 is 0.577. The first-order valence-corrected chi connectivity index (χ1v) is 4.78. The predicted octanol–water partition coefficient (Wildman–Crippen LogP) is 2.44. The topological polar surface area (TPSA) is 32.7 Å². The molecule has 0 aliphatic carbocycles. The molecular weight excluding hydrogens is 208 g/mol. The summed E-state index contributed by atoms with van der Waals surface area (Å²) in [5.74, 6) is 0. The summed E-state index contributed by atoms with van der Waals surface area (Å²) in [4.78, 5) is 16.4. The number of hydrogen-bond acceptors (Lipinski definition) is 3. The molecule has 70 valence electrons. The number of carbonyl (C=O) groups excluding carboxylic acids is 1. The molecule has 3 nitrogen and oxygen atoms in total. The van der Waals surface area contributed by atoms with Gasteiger partial charge in [-0.25, -0.2) is 4.99 Å². The lowest BCUT2D eigenvalue weighted by Crippen LogP contribution is -2.06. The highest BCUT2D eigenvalue weighted by Crippen LogP contribution is 2.32. The lowest BCUT2D eigenvalue weighted by atomic mass is 10.3. The lowest BCUT2D eigenvalue weighted by molar-refractivity contribution is 0.112. The van der Waals surface area contributed by atoms with Gasteiger partial charge >= 0.3 is 0 Å². The molecule has 1 rings (SSSR count). The minimum atomic E-state index is 0.535. The van der Waals surface area contributed by atoms with Gasteiger partial charge in [-0.1, -0.05) is 11.6 Å². The zero-order valence-corrected chi connectivity index (χ0v) is 8.89. The maximum atomic E-state index is 10.5. The van der Waals surface area contributed by atoms with Crippen LogP contribution in [0.5, 0.6) is 0 Å². The Labute approximate surface area is 85.7 Å². The molecule has 13 heavy (non-hydrogen) atoms. The molecule has 0 saturated carbocycles. The Kier molecular flexibility index (Phi) is 3.45. The van der Waals surface area contributed by atoms with Crippen molar-refractivity contribution in [2.24, 2.45) is 4.99 Å². The third-order valence-corrected chi connectivity index (χ3v) is 2.43. The number of nitrogens with zero attached hydrogens (tertiary/aromatic N) is 2. The van der Waals surface area contributed by atoms with Gasteiger partial charge in [-0.2, -0.15) is 0 Å². The van der Waals surface area contributed by atoms with Crippen molar-refractivity contribution in [3.63, 3.8) is 0 Å². The minimum Gasteiger partial charge on any atom is -0.369 e. The molecule has 1 aromatic rings. The first-order chi connectivity index (χ1) is 6.13. The molecular formula is C8H9ClN2OS. The second-order valence-electron chi connectivity index (χ2n) is 2.64. The van der Waals surface area contributed by atoms with E-state index in [-0.39, 0.29) is 0 Å². The third kappa shape index (κ3) is 2.82. The lowest BCUT2D eigenvalue weighted by Gasteiger charge is -2.00. The number of rotatable bonds is 3. The van der Waals surface area contributed by atoms with Crippen LogP contribution in [0, 0.1) is 0 Å². The predicted molar refractivity (Wildman–Crippen MR) is 56.6 cm³/mol. The van der Waals surface area contributed by atoms with E-state index in [1.807, 2.05) is 14.1 Å².